The highest BCUT2D eigenvalue weighted by Gasteiger charge is 2.14. The van der Waals surface area contributed by atoms with Crippen LogP contribution in [-0.2, 0) is 6.42 Å². The van der Waals surface area contributed by atoms with Crippen molar-refractivity contribution in [2.24, 2.45) is 0 Å². The highest BCUT2D eigenvalue weighted by atomic mass is 32.2. The Kier molecular flexibility index (Phi) is 5.01. The van der Waals surface area contributed by atoms with Crippen molar-refractivity contribution in [2.75, 3.05) is 5.75 Å². The molecule has 0 bridgehead atoms. The van der Waals surface area contributed by atoms with Crippen LogP contribution in [0, 0.1) is 0 Å². The van der Waals surface area contributed by atoms with Crippen molar-refractivity contribution < 1.29 is 4.79 Å². The van der Waals surface area contributed by atoms with Gasteiger partial charge in [0.1, 0.15) is 0 Å². The lowest BCUT2D eigenvalue weighted by atomic mass is 10.1. The molecule has 0 radical (unpaired) electrons. The monoisotopic (exact) mass is 305 g/mol. The first-order valence-corrected chi connectivity index (χ1v) is 7.93. The van der Waals surface area contributed by atoms with E-state index in [-0.39, 0.29) is 23.3 Å². The van der Waals surface area contributed by atoms with E-state index in [1.165, 1.54) is 17.3 Å². The number of aromatic amines is 1. The van der Waals surface area contributed by atoms with Crippen molar-refractivity contribution in [1.29, 1.82) is 0 Å². The maximum Gasteiger partial charge on any atom is 0.344 e. The average Bonchev–Trinajstić information content (AvgIpc) is 2.86. The highest BCUT2D eigenvalue weighted by molar-refractivity contribution is 7.99. The summed E-state index contributed by atoms with van der Waals surface area (Å²) in [5.41, 5.74) is 1.65. The third kappa shape index (κ3) is 3.64. The van der Waals surface area contributed by atoms with Gasteiger partial charge in [-0.25, -0.2) is 9.89 Å². The molecule has 21 heavy (non-hydrogen) atoms. The number of H-pyrrole nitrogens is 1. The molecule has 0 saturated carbocycles. The number of aryl methyl sites for hydroxylation is 1. The van der Waals surface area contributed by atoms with Crippen LogP contribution < -0.4 is 5.69 Å². The van der Waals surface area contributed by atoms with Crippen LogP contribution in [0.1, 0.15) is 42.7 Å². The summed E-state index contributed by atoms with van der Waals surface area (Å²) in [5, 5.41) is 6.94. The summed E-state index contributed by atoms with van der Waals surface area (Å²) in [6, 6.07) is 7.65. The number of aromatic nitrogens is 3. The Hall–Kier alpha value is -1.82. The van der Waals surface area contributed by atoms with E-state index in [1.807, 2.05) is 38.1 Å². The summed E-state index contributed by atoms with van der Waals surface area (Å²) >= 11 is 1.28. The fraction of sp³-hybridized carbons (Fsp3) is 0.400. The molecule has 2 rings (SSSR count). The van der Waals surface area contributed by atoms with Crippen molar-refractivity contribution in [3.63, 3.8) is 0 Å². The van der Waals surface area contributed by atoms with Gasteiger partial charge in [-0.05, 0) is 25.8 Å². The van der Waals surface area contributed by atoms with Gasteiger partial charge in [0, 0.05) is 11.6 Å². The van der Waals surface area contributed by atoms with Crippen molar-refractivity contribution in [1.82, 2.24) is 14.8 Å². The van der Waals surface area contributed by atoms with E-state index in [9.17, 15) is 9.59 Å². The summed E-state index contributed by atoms with van der Waals surface area (Å²) in [6.07, 6.45) is 0.956. The minimum Gasteiger partial charge on any atom is -0.293 e. The molecule has 1 N–H and O–H groups in total. The number of hydrogen-bond acceptors (Lipinski definition) is 4. The Balaban J connectivity index is 2.05. The molecule has 6 heteroatoms. The topological polar surface area (TPSA) is 67.8 Å². The number of carbonyl (C=O) groups is 1. The molecule has 0 aliphatic carbocycles. The predicted octanol–water partition coefficient (Wildman–Crippen LogP) is 2.69. The van der Waals surface area contributed by atoms with Crippen LogP contribution in [0.5, 0.6) is 0 Å². The molecule has 2 aromatic rings. The highest BCUT2D eigenvalue weighted by Crippen LogP contribution is 2.18. The Morgan fingerprint density at radius 3 is 2.57 bits per heavy atom. The maximum atomic E-state index is 12.2. The number of nitrogens with one attached hydrogen (secondary N) is 1. The quantitative estimate of drug-likeness (QED) is 0.658. The summed E-state index contributed by atoms with van der Waals surface area (Å²) in [6.45, 7) is 5.90. The molecule has 0 aliphatic rings. The third-order valence-electron chi connectivity index (χ3n) is 3.20. The first-order valence-electron chi connectivity index (χ1n) is 6.94. The zero-order chi connectivity index (χ0) is 15.4. The fourth-order valence-electron chi connectivity index (χ4n) is 1.99. The molecule has 0 spiro atoms. The third-order valence-corrected chi connectivity index (χ3v) is 4.16. The molecule has 0 atom stereocenters. The molecule has 1 aromatic carbocycles. The molecule has 0 saturated heterocycles. The van der Waals surface area contributed by atoms with Crippen LogP contribution in [0.2, 0.25) is 0 Å². The van der Waals surface area contributed by atoms with E-state index in [1.54, 1.807) is 4.57 Å². The van der Waals surface area contributed by atoms with Gasteiger partial charge in [-0.3, -0.25) is 9.36 Å². The second-order valence-corrected chi connectivity index (χ2v) is 5.98. The molecule has 112 valence electrons. The molecule has 0 amide bonds. The summed E-state index contributed by atoms with van der Waals surface area (Å²) in [5.74, 6) is 0.302. The SMILES string of the molecule is CCc1ccc(C(=O)CSc2n[nH]c(=O)n2C(C)C)cc1. The van der Waals surface area contributed by atoms with Crippen molar-refractivity contribution in [2.45, 2.75) is 38.4 Å². The fourth-order valence-corrected chi connectivity index (χ4v) is 2.96. The molecule has 0 unspecified atom stereocenters. The molecule has 0 fully saturated rings. The van der Waals surface area contributed by atoms with Gasteiger partial charge >= 0.3 is 5.69 Å². The summed E-state index contributed by atoms with van der Waals surface area (Å²) in [4.78, 5) is 23.8. The van der Waals surface area contributed by atoms with Gasteiger partial charge in [0.2, 0.25) is 0 Å². The van der Waals surface area contributed by atoms with Crippen molar-refractivity contribution in [3.05, 3.63) is 45.9 Å². The van der Waals surface area contributed by atoms with Gasteiger partial charge in [0.05, 0.1) is 5.75 Å². The van der Waals surface area contributed by atoms with Gasteiger partial charge in [-0.15, -0.1) is 5.10 Å². The van der Waals surface area contributed by atoms with Crippen LogP contribution in [0.3, 0.4) is 0 Å². The van der Waals surface area contributed by atoms with Crippen molar-refractivity contribution in [3.8, 4) is 0 Å². The van der Waals surface area contributed by atoms with E-state index in [2.05, 4.69) is 17.1 Å². The Morgan fingerprint density at radius 2 is 2.00 bits per heavy atom. The zero-order valence-electron chi connectivity index (χ0n) is 12.4. The Labute approximate surface area is 127 Å². The number of nitrogens with zero attached hydrogens (tertiary/aromatic N) is 2. The maximum absolute atomic E-state index is 12.2. The van der Waals surface area contributed by atoms with Gasteiger partial charge in [-0.1, -0.05) is 43.0 Å². The molecule has 5 nitrogen and oxygen atoms in total. The van der Waals surface area contributed by atoms with Crippen LogP contribution in [-0.4, -0.2) is 26.3 Å². The van der Waals surface area contributed by atoms with E-state index in [0.717, 1.165) is 6.42 Å². The summed E-state index contributed by atoms with van der Waals surface area (Å²) < 4.78 is 1.55. The lowest BCUT2D eigenvalue weighted by Crippen LogP contribution is -2.19. The van der Waals surface area contributed by atoms with Gasteiger partial charge < -0.3 is 0 Å². The lowest BCUT2D eigenvalue weighted by Gasteiger charge is -2.08. The van der Waals surface area contributed by atoms with E-state index in [0.29, 0.717) is 10.7 Å². The lowest BCUT2D eigenvalue weighted by molar-refractivity contribution is 0.102. The van der Waals surface area contributed by atoms with Gasteiger partial charge in [0.15, 0.2) is 10.9 Å². The predicted molar refractivity (Wildman–Crippen MR) is 84.1 cm³/mol. The molecular formula is C15H19N3O2S. The van der Waals surface area contributed by atoms with Crippen LogP contribution in [0.25, 0.3) is 0 Å². The number of carbonyl (C=O) groups excluding carboxylic acids is 1. The molecule has 0 aliphatic heterocycles. The minimum atomic E-state index is -0.243. The largest absolute Gasteiger partial charge is 0.344 e. The molecule has 1 heterocycles. The standard InChI is InChI=1S/C15H19N3O2S/c1-4-11-5-7-12(8-6-11)13(19)9-21-15-17-16-14(20)18(15)10(2)3/h5-8,10H,4,9H2,1-3H3,(H,16,20). The molecular weight excluding hydrogens is 286 g/mol. The van der Waals surface area contributed by atoms with E-state index < -0.39 is 0 Å². The number of ketones is 1. The smallest absolute Gasteiger partial charge is 0.293 e. The Morgan fingerprint density at radius 1 is 1.33 bits per heavy atom. The Bertz CT molecular complexity index is 671. The summed E-state index contributed by atoms with van der Waals surface area (Å²) in [7, 11) is 0. The van der Waals surface area contributed by atoms with Crippen molar-refractivity contribution >= 4 is 17.5 Å². The first kappa shape index (κ1) is 15.6. The number of rotatable bonds is 6. The van der Waals surface area contributed by atoms with Gasteiger partial charge in [0.25, 0.3) is 0 Å². The second kappa shape index (κ2) is 6.76. The number of Topliss-reactive ketones (excluding diaryl/α,β-unsaturated/α-hetero) is 1. The molecule has 1 aromatic heterocycles. The number of hydrogen-bond donors (Lipinski definition) is 1. The normalized spacial score (nSPS) is 11.0. The second-order valence-electron chi connectivity index (χ2n) is 5.04. The van der Waals surface area contributed by atoms with Crippen LogP contribution in [0.4, 0.5) is 0 Å². The van der Waals surface area contributed by atoms with E-state index in [4.69, 9.17) is 0 Å². The average molecular weight is 305 g/mol. The van der Waals surface area contributed by atoms with Crippen LogP contribution >= 0.6 is 11.8 Å². The number of benzene rings is 1. The minimum absolute atomic E-state index is 0.0117. The zero-order valence-corrected chi connectivity index (χ0v) is 13.2. The first-order chi connectivity index (χ1) is 10.0. The van der Waals surface area contributed by atoms with Crippen LogP contribution in [0.15, 0.2) is 34.2 Å². The van der Waals surface area contributed by atoms with E-state index >= 15 is 0 Å². The number of thioether (sulfide) groups is 1. The van der Waals surface area contributed by atoms with Gasteiger partial charge in [-0.2, -0.15) is 0 Å².